The van der Waals surface area contributed by atoms with E-state index in [0.29, 0.717) is 25.7 Å². The monoisotopic (exact) mass is 538 g/mol. The minimum atomic E-state index is -1.67. The SMILES string of the molecule is C=C1[C@H]2C[C@H](O)[C@H]3[C@]4(C)CCC[C@@](C)(C(=O)O[C@@H]5O[C@H](CO)[C@@H](O)[C@H](O)[C@H]5O)[C@H]4CC[C@]3(C2)[C@@H]1OC(C)=O. The van der Waals surface area contributed by atoms with Crippen molar-refractivity contribution in [3.05, 3.63) is 12.2 Å². The lowest BCUT2D eigenvalue weighted by Crippen LogP contribution is -2.64. The minimum Gasteiger partial charge on any atom is -0.457 e. The minimum absolute atomic E-state index is 0.0943. The second kappa shape index (κ2) is 9.52. The summed E-state index contributed by atoms with van der Waals surface area (Å²) in [5.74, 6) is -1.21. The van der Waals surface area contributed by atoms with Crippen molar-refractivity contribution < 1.29 is 49.3 Å². The average molecular weight is 539 g/mol. The summed E-state index contributed by atoms with van der Waals surface area (Å²) in [5, 5.41) is 51.7. The van der Waals surface area contributed by atoms with Crippen molar-refractivity contribution in [3.8, 4) is 0 Å². The molecule has 0 amide bonds. The van der Waals surface area contributed by atoms with Gasteiger partial charge in [-0.15, -0.1) is 0 Å². The maximum Gasteiger partial charge on any atom is 0.314 e. The summed E-state index contributed by atoms with van der Waals surface area (Å²) in [4.78, 5) is 25.9. The topological polar surface area (TPSA) is 163 Å². The summed E-state index contributed by atoms with van der Waals surface area (Å²) < 4.78 is 17.0. The lowest BCUT2D eigenvalue weighted by Gasteiger charge is -2.64. The normalized spacial score (nSPS) is 52.1. The third kappa shape index (κ3) is 3.89. The summed E-state index contributed by atoms with van der Waals surface area (Å²) in [5.41, 5.74) is -0.969. The number of hydrogen-bond donors (Lipinski definition) is 5. The van der Waals surface area contributed by atoms with E-state index in [1.165, 1.54) is 6.92 Å². The fourth-order valence-corrected chi connectivity index (χ4v) is 9.46. The van der Waals surface area contributed by atoms with Gasteiger partial charge in [0.2, 0.25) is 6.29 Å². The van der Waals surface area contributed by atoms with Gasteiger partial charge in [0.25, 0.3) is 0 Å². The van der Waals surface area contributed by atoms with Gasteiger partial charge in [0.1, 0.15) is 30.5 Å². The van der Waals surface area contributed by atoms with E-state index in [9.17, 15) is 35.1 Å². The van der Waals surface area contributed by atoms with Crippen LogP contribution in [-0.4, -0.2) is 87.0 Å². The Morgan fingerprint density at radius 1 is 1.05 bits per heavy atom. The van der Waals surface area contributed by atoms with Crippen LogP contribution in [0.15, 0.2) is 12.2 Å². The van der Waals surface area contributed by atoms with Gasteiger partial charge in [-0.3, -0.25) is 9.59 Å². The summed E-state index contributed by atoms with van der Waals surface area (Å²) >= 11 is 0. The first-order valence-corrected chi connectivity index (χ1v) is 13.9. The first-order valence-electron chi connectivity index (χ1n) is 13.9. The Balaban J connectivity index is 1.44. The van der Waals surface area contributed by atoms with Gasteiger partial charge in [0, 0.05) is 18.3 Å². The van der Waals surface area contributed by atoms with Gasteiger partial charge >= 0.3 is 11.9 Å². The van der Waals surface area contributed by atoms with Gasteiger partial charge in [-0.25, -0.2) is 0 Å². The molecule has 1 aliphatic heterocycles. The van der Waals surface area contributed by atoms with Gasteiger partial charge in [-0.2, -0.15) is 0 Å². The van der Waals surface area contributed by atoms with E-state index in [2.05, 4.69) is 13.5 Å². The van der Waals surface area contributed by atoms with Crippen LogP contribution in [0.2, 0.25) is 0 Å². The first-order chi connectivity index (χ1) is 17.8. The van der Waals surface area contributed by atoms with Crippen molar-refractivity contribution in [2.45, 2.75) is 109 Å². The van der Waals surface area contributed by atoms with Crippen LogP contribution >= 0.6 is 0 Å². The van der Waals surface area contributed by atoms with E-state index in [0.717, 1.165) is 24.8 Å². The van der Waals surface area contributed by atoms with E-state index in [1.807, 2.05) is 6.92 Å². The van der Waals surface area contributed by atoms with E-state index in [4.69, 9.17) is 14.2 Å². The van der Waals surface area contributed by atoms with E-state index < -0.39 is 71.7 Å². The molecule has 5 fully saturated rings. The molecule has 10 heteroatoms. The second-order valence-electron chi connectivity index (χ2n) is 13.0. The molecule has 1 saturated heterocycles. The maximum absolute atomic E-state index is 13.8. The molecule has 4 aliphatic carbocycles. The third-order valence-corrected chi connectivity index (χ3v) is 10.9. The van der Waals surface area contributed by atoms with Crippen LogP contribution in [0.4, 0.5) is 0 Å². The lowest BCUT2D eigenvalue weighted by atomic mass is 9.40. The van der Waals surface area contributed by atoms with Gasteiger partial charge in [0.05, 0.1) is 18.1 Å². The molecule has 0 aromatic carbocycles. The standard InChI is InChI=1S/C28H42O10/c1-13-15-10-16(31)22-26(3)7-5-8-27(4,18(26)6-9-28(22,11-15)23(13)36-14(2)30)25(35)38-24-21(34)20(33)19(32)17(12-29)37-24/h15-24,29,31-34H,1,5-12H2,2-4H3/t15-,16-,17+,18-,19+,20-,21+,22-,23+,24-,26+,27+,28+/m0/s1. The van der Waals surface area contributed by atoms with Crippen LogP contribution in [0.1, 0.15) is 65.7 Å². The highest BCUT2D eigenvalue weighted by Gasteiger charge is 2.71. The number of rotatable bonds is 4. The van der Waals surface area contributed by atoms with Crippen molar-refractivity contribution in [2.75, 3.05) is 6.61 Å². The van der Waals surface area contributed by atoms with Gasteiger partial charge in [-0.1, -0.05) is 19.9 Å². The number of aliphatic hydroxyl groups excluding tert-OH is 5. The van der Waals surface area contributed by atoms with E-state index in [1.54, 1.807) is 0 Å². The summed E-state index contributed by atoms with van der Waals surface area (Å²) in [6.45, 7) is 9.05. The van der Waals surface area contributed by atoms with Crippen LogP contribution in [0, 0.1) is 34.0 Å². The average Bonchev–Trinajstić information content (AvgIpc) is 3.04. The van der Waals surface area contributed by atoms with Crippen LogP contribution in [0.25, 0.3) is 0 Å². The second-order valence-corrected chi connectivity index (χ2v) is 13.0. The Morgan fingerprint density at radius 3 is 2.42 bits per heavy atom. The molecular formula is C28H42O10. The van der Waals surface area contributed by atoms with Crippen LogP contribution < -0.4 is 0 Å². The quantitative estimate of drug-likeness (QED) is 0.256. The number of esters is 2. The molecule has 214 valence electrons. The van der Waals surface area contributed by atoms with Crippen molar-refractivity contribution in [1.82, 2.24) is 0 Å². The van der Waals surface area contributed by atoms with Gasteiger partial charge < -0.3 is 39.7 Å². The smallest absolute Gasteiger partial charge is 0.314 e. The predicted octanol–water partition coefficient (Wildman–Crippen LogP) is 0.811. The van der Waals surface area contributed by atoms with Gasteiger partial charge in [-0.05, 0) is 68.3 Å². The number of ether oxygens (including phenoxy) is 3. The zero-order valence-electron chi connectivity index (χ0n) is 22.4. The molecule has 5 N–H and O–H groups in total. The largest absolute Gasteiger partial charge is 0.457 e. The fourth-order valence-electron chi connectivity index (χ4n) is 9.46. The molecule has 38 heavy (non-hydrogen) atoms. The van der Waals surface area contributed by atoms with Gasteiger partial charge in [0.15, 0.2) is 0 Å². The van der Waals surface area contributed by atoms with Crippen LogP contribution in [0.3, 0.4) is 0 Å². The Bertz CT molecular complexity index is 983. The molecule has 1 heterocycles. The number of fused-ring (bicyclic) bond motifs is 3. The van der Waals surface area contributed by atoms with Crippen molar-refractivity contribution in [2.24, 2.45) is 34.0 Å². The van der Waals surface area contributed by atoms with Crippen LogP contribution in [-0.2, 0) is 23.8 Å². The van der Waals surface area contributed by atoms with Crippen molar-refractivity contribution in [1.29, 1.82) is 0 Å². The molecule has 10 nitrogen and oxygen atoms in total. The van der Waals surface area contributed by atoms with Crippen LogP contribution in [0.5, 0.6) is 0 Å². The Hall–Kier alpha value is -1.56. The van der Waals surface area contributed by atoms with Crippen molar-refractivity contribution >= 4 is 11.9 Å². The van der Waals surface area contributed by atoms with E-state index >= 15 is 0 Å². The Morgan fingerprint density at radius 2 is 1.76 bits per heavy atom. The predicted molar refractivity (Wildman–Crippen MR) is 132 cm³/mol. The maximum atomic E-state index is 13.8. The molecule has 0 radical (unpaired) electrons. The zero-order chi connectivity index (χ0) is 27.8. The molecule has 1 spiro atoms. The number of carbonyl (C=O) groups excluding carboxylic acids is 2. The number of carbonyl (C=O) groups is 2. The molecule has 5 aliphatic rings. The lowest BCUT2D eigenvalue weighted by molar-refractivity contribution is -0.298. The Kier molecular flexibility index (Phi) is 7.01. The summed E-state index contributed by atoms with van der Waals surface area (Å²) in [6.07, 6.45) is -3.90. The Labute approximate surface area is 223 Å². The third-order valence-electron chi connectivity index (χ3n) is 10.9. The molecular weight excluding hydrogens is 496 g/mol. The molecule has 13 atom stereocenters. The fraction of sp³-hybridized carbons (Fsp3) is 0.857. The molecule has 2 bridgehead atoms. The molecule has 0 aromatic heterocycles. The zero-order valence-corrected chi connectivity index (χ0v) is 22.4. The highest BCUT2D eigenvalue weighted by atomic mass is 16.7. The first kappa shape index (κ1) is 28.0. The summed E-state index contributed by atoms with van der Waals surface area (Å²) in [6, 6.07) is 0. The number of aliphatic hydroxyl groups is 5. The number of hydrogen-bond acceptors (Lipinski definition) is 10. The van der Waals surface area contributed by atoms with Crippen molar-refractivity contribution in [3.63, 3.8) is 0 Å². The molecule has 4 saturated carbocycles. The van der Waals surface area contributed by atoms with E-state index in [-0.39, 0.29) is 23.7 Å². The highest BCUT2D eigenvalue weighted by molar-refractivity contribution is 5.77. The molecule has 0 aromatic rings. The highest BCUT2D eigenvalue weighted by Crippen LogP contribution is 2.72. The molecule has 5 rings (SSSR count). The summed E-state index contributed by atoms with van der Waals surface area (Å²) in [7, 11) is 0. The molecule has 0 unspecified atom stereocenters.